The first-order valence-electron chi connectivity index (χ1n) is 4.94. The first kappa shape index (κ1) is 15.5. The van der Waals surface area contributed by atoms with Crippen molar-refractivity contribution in [3.8, 4) is 0 Å². The fraction of sp³-hybridized carbons (Fsp3) is 1.00. The first-order valence-corrected chi connectivity index (χ1v) is 4.94. The van der Waals surface area contributed by atoms with Crippen LogP contribution in [0.2, 0.25) is 0 Å². The van der Waals surface area contributed by atoms with Crippen LogP contribution < -0.4 is 51.4 Å². The van der Waals surface area contributed by atoms with Gasteiger partial charge >= 0.3 is 58.4 Å². The SMILES string of the molecule is CCN(CC1CCC1)C[B-](F)(F)F.[K+]. The van der Waals surface area contributed by atoms with Crippen LogP contribution in [0.15, 0.2) is 0 Å². The smallest absolute Gasteiger partial charge is 0.448 e. The molecule has 0 atom stereocenters. The Labute approximate surface area is 126 Å². The summed E-state index contributed by atoms with van der Waals surface area (Å²) in [6.07, 6.45) is 2.73. The molecule has 0 spiro atoms. The summed E-state index contributed by atoms with van der Waals surface area (Å²) < 4.78 is 36.3. The molecule has 14 heavy (non-hydrogen) atoms. The van der Waals surface area contributed by atoms with Crippen LogP contribution >= 0.6 is 0 Å². The van der Waals surface area contributed by atoms with E-state index in [0.29, 0.717) is 19.0 Å². The Hall–Kier alpha value is 1.45. The van der Waals surface area contributed by atoms with Crippen LogP contribution in [0.1, 0.15) is 26.2 Å². The third-order valence-corrected chi connectivity index (χ3v) is 2.65. The Bertz CT molecular complexity index is 161. The second-order valence-corrected chi connectivity index (χ2v) is 3.86. The normalized spacial score (nSPS) is 17.8. The van der Waals surface area contributed by atoms with Gasteiger partial charge in [0.1, 0.15) is 0 Å². The van der Waals surface area contributed by atoms with Gasteiger partial charge in [-0.1, -0.05) is 13.3 Å². The van der Waals surface area contributed by atoms with Gasteiger partial charge in [0, 0.05) is 0 Å². The van der Waals surface area contributed by atoms with Gasteiger partial charge in [-0.05, 0) is 38.3 Å². The maximum Gasteiger partial charge on any atom is 1.00 e. The molecule has 0 aromatic rings. The van der Waals surface area contributed by atoms with Crippen molar-refractivity contribution in [2.75, 3.05) is 19.5 Å². The average Bonchev–Trinajstić information content (AvgIpc) is 1.91. The summed E-state index contributed by atoms with van der Waals surface area (Å²) >= 11 is 0. The molecule has 0 heterocycles. The van der Waals surface area contributed by atoms with Gasteiger partial charge in [0.05, 0.1) is 0 Å². The van der Waals surface area contributed by atoms with Gasteiger partial charge in [0.2, 0.25) is 0 Å². The fourth-order valence-electron chi connectivity index (χ4n) is 1.67. The molecule has 1 fully saturated rings. The summed E-state index contributed by atoms with van der Waals surface area (Å²) in [5.74, 6) is 0.526. The van der Waals surface area contributed by atoms with E-state index in [4.69, 9.17) is 0 Å². The molecule has 0 bridgehead atoms. The second-order valence-electron chi connectivity index (χ2n) is 3.86. The Morgan fingerprint density at radius 2 is 1.86 bits per heavy atom. The van der Waals surface area contributed by atoms with Gasteiger partial charge in [0.15, 0.2) is 0 Å². The van der Waals surface area contributed by atoms with Crippen LogP contribution in [0, 0.1) is 5.92 Å². The molecule has 0 saturated heterocycles. The van der Waals surface area contributed by atoms with Crippen LogP contribution in [0.3, 0.4) is 0 Å². The summed E-state index contributed by atoms with van der Waals surface area (Å²) in [5, 5.41) is 0. The molecule has 0 N–H and O–H groups in total. The zero-order valence-corrected chi connectivity index (χ0v) is 12.1. The first-order chi connectivity index (χ1) is 6.01. The predicted molar refractivity (Wildman–Crippen MR) is 48.5 cm³/mol. The maximum absolute atomic E-state index is 12.1. The van der Waals surface area contributed by atoms with Gasteiger partial charge < -0.3 is 17.8 Å². The molecule has 1 rings (SSSR count). The summed E-state index contributed by atoms with van der Waals surface area (Å²) in [6.45, 7) is -1.70. The van der Waals surface area contributed by atoms with Crippen LogP contribution in [-0.4, -0.2) is 31.4 Å². The van der Waals surface area contributed by atoms with E-state index in [1.54, 1.807) is 6.92 Å². The molecule has 0 unspecified atom stereocenters. The Morgan fingerprint density at radius 3 is 2.14 bits per heavy atom. The molecule has 1 aliphatic carbocycles. The third-order valence-electron chi connectivity index (χ3n) is 2.65. The predicted octanol–water partition coefficient (Wildman–Crippen LogP) is -0.501. The van der Waals surface area contributed by atoms with Gasteiger partial charge in [-0.2, -0.15) is 0 Å². The van der Waals surface area contributed by atoms with Gasteiger partial charge in [-0.15, -0.1) is 0 Å². The molecule has 1 saturated carbocycles. The zero-order valence-electron chi connectivity index (χ0n) is 8.98. The van der Waals surface area contributed by atoms with E-state index < -0.39 is 13.4 Å². The fourth-order valence-corrected chi connectivity index (χ4v) is 1.67. The molecule has 78 valence electrons. The molecular weight excluding hydrogens is 217 g/mol. The van der Waals surface area contributed by atoms with Crippen molar-refractivity contribution in [2.45, 2.75) is 26.2 Å². The summed E-state index contributed by atoms with van der Waals surface area (Å²) in [6, 6.07) is 0. The molecule has 0 aromatic heterocycles. The van der Waals surface area contributed by atoms with E-state index in [1.165, 1.54) is 11.3 Å². The standard InChI is InChI=1S/C8H16BF3N.K/c1-2-13(7-9(10,11)12)6-8-4-3-5-8;/h8H,2-7H2,1H3;/q-1;+1. The molecule has 1 aliphatic rings. The Kier molecular flexibility index (Phi) is 7.63. The van der Waals surface area contributed by atoms with E-state index in [0.717, 1.165) is 12.8 Å². The molecule has 6 heteroatoms. The van der Waals surface area contributed by atoms with Gasteiger partial charge in [0.25, 0.3) is 0 Å². The number of nitrogens with zero attached hydrogens (tertiary/aromatic N) is 1. The van der Waals surface area contributed by atoms with Crippen LogP contribution in [-0.2, 0) is 0 Å². The average molecular weight is 233 g/mol. The summed E-state index contributed by atoms with van der Waals surface area (Å²) in [5.41, 5.74) is 0. The number of halogens is 3. The van der Waals surface area contributed by atoms with Crippen LogP contribution in [0.5, 0.6) is 0 Å². The number of rotatable bonds is 5. The van der Waals surface area contributed by atoms with Gasteiger partial charge in [-0.25, -0.2) is 0 Å². The minimum absolute atomic E-state index is 0. The second kappa shape index (κ2) is 6.91. The topological polar surface area (TPSA) is 3.24 Å². The molecular formula is C8H16BF3KN. The molecule has 0 radical (unpaired) electrons. The van der Waals surface area contributed by atoms with Gasteiger partial charge in [-0.3, -0.25) is 0 Å². The molecule has 0 aromatic carbocycles. The van der Waals surface area contributed by atoms with Crippen LogP contribution in [0.4, 0.5) is 12.9 Å². The Morgan fingerprint density at radius 1 is 1.29 bits per heavy atom. The van der Waals surface area contributed by atoms with E-state index in [2.05, 4.69) is 0 Å². The number of hydrogen-bond acceptors (Lipinski definition) is 1. The molecule has 0 amide bonds. The van der Waals surface area contributed by atoms with Crippen LogP contribution in [0.25, 0.3) is 0 Å². The Balaban J connectivity index is 0.00000169. The van der Waals surface area contributed by atoms with Crippen molar-refractivity contribution >= 4 is 6.98 Å². The minimum Gasteiger partial charge on any atom is -0.448 e. The molecule has 1 nitrogen and oxygen atoms in total. The van der Waals surface area contributed by atoms with Crippen molar-refractivity contribution < 1.29 is 64.3 Å². The maximum atomic E-state index is 12.1. The minimum atomic E-state index is -4.64. The third kappa shape index (κ3) is 6.13. The van der Waals surface area contributed by atoms with E-state index in [-0.39, 0.29) is 51.4 Å². The van der Waals surface area contributed by atoms with E-state index >= 15 is 0 Å². The van der Waals surface area contributed by atoms with Crippen molar-refractivity contribution in [1.82, 2.24) is 4.90 Å². The summed E-state index contributed by atoms with van der Waals surface area (Å²) in [4.78, 5) is 1.52. The monoisotopic (exact) mass is 233 g/mol. The van der Waals surface area contributed by atoms with E-state index in [1.807, 2.05) is 0 Å². The molecule has 0 aliphatic heterocycles. The van der Waals surface area contributed by atoms with Crippen molar-refractivity contribution in [3.63, 3.8) is 0 Å². The van der Waals surface area contributed by atoms with E-state index in [9.17, 15) is 12.9 Å². The largest absolute Gasteiger partial charge is 1.00 e. The summed E-state index contributed by atoms with van der Waals surface area (Å²) in [7, 11) is 0. The quantitative estimate of drug-likeness (QED) is 0.579. The van der Waals surface area contributed by atoms with Crippen molar-refractivity contribution in [3.05, 3.63) is 0 Å². The van der Waals surface area contributed by atoms with Crippen molar-refractivity contribution in [1.29, 1.82) is 0 Å². The zero-order chi connectivity index (χ0) is 9.90. The number of hydrogen-bond donors (Lipinski definition) is 0. The van der Waals surface area contributed by atoms with Crippen molar-refractivity contribution in [2.24, 2.45) is 5.92 Å².